The summed E-state index contributed by atoms with van der Waals surface area (Å²) in [5, 5.41) is 14.2. The maximum atomic E-state index is 13.1. The Balaban J connectivity index is 1.25. The molecule has 0 aliphatic carbocycles. The molecule has 2 N–H and O–H groups in total. The number of urea groups is 1. The van der Waals surface area contributed by atoms with Crippen LogP contribution in [0, 0.1) is 0 Å². The second-order valence-electron chi connectivity index (χ2n) is 8.96. The number of hydrogen-bond acceptors (Lipinski definition) is 4. The molecule has 8 nitrogen and oxygen atoms in total. The van der Waals surface area contributed by atoms with Crippen molar-refractivity contribution < 1.29 is 19.4 Å². The third kappa shape index (κ3) is 4.07. The molecule has 172 valence electrons. The zero-order valence-corrected chi connectivity index (χ0v) is 18.8. The summed E-state index contributed by atoms with van der Waals surface area (Å²) in [6.45, 7) is 3.30. The summed E-state index contributed by atoms with van der Waals surface area (Å²) in [7, 11) is 0. The van der Waals surface area contributed by atoms with E-state index in [1.807, 2.05) is 28.0 Å². The molecule has 3 aliphatic heterocycles. The highest BCUT2D eigenvalue weighted by Gasteiger charge is 2.38. The Morgan fingerprint density at radius 3 is 2.75 bits per heavy atom. The number of morpholine rings is 1. The lowest BCUT2D eigenvalue weighted by Gasteiger charge is -2.43. The molecule has 1 aromatic heterocycles. The highest BCUT2D eigenvalue weighted by Crippen LogP contribution is 2.36. The summed E-state index contributed by atoms with van der Waals surface area (Å²) in [5.41, 5.74) is 2.32. The number of amides is 3. The van der Waals surface area contributed by atoms with E-state index < -0.39 is 0 Å². The third-order valence-electron chi connectivity index (χ3n) is 7.01. The summed E-state index contributed by atoms with van der Waals surface area (Å²) in [6.07, 6.45) is 4.66. The lowest BCUT2D eigenvalue weighted by Crippen LogP contribution is -2.62. The summed E-state index contributed by atoms with van der Waals surface area (Å²) >= 11 is 6.27. The van der Waals surface area contributed by atoms with Gasteiger partial charge in [-0.2, -0.15) is 0 Å². The number of benzene rings is 1. The quantitative estimate of drug-likeness (QED) is 0.735. The number of fused-ring (bicyclic) bond motifs is 2. The van der Waals surface area contributed by atoms with Crippen LogP contribution in [-0.4, -0.2) is 83.0 Å². The Kier molecular flexibility index (Phi) is 6.01. The second kappa shape index (κ2) is 8.92. The van der Waals surface area contributed by atoms with E-state index >= 15 is 0 Å². The Labute approximate surface area is 192 Å². The number of carbonyl (C=O) groups excluding carboxylic acids is 2. The van der Waals surface area contributed by atoms with Gasteiger partial charge >= 0.3 is 6.03 Å². The van der Waals surface area contributed by atoms with Gasteiger partial charge in [-0.25, -0.2) is 4.79 Å². The maximum absolute atomic E-state index is 13.1. The van der Waals surface area contributed by atoms with Gasteiger partial charge < -0.3 is 29.5 Å². The van der Waals surface area contributed by atoms with Crippen LogP contribution in [0.1, 0.15) is 30.7 Å². The smallest absolute Gasteiger partial charge is 0.320 e. The number of aliphatic hydroxyl groups is 1. The van der Waals surface area contributed by atoms with Crippen LogP contribution in [0.2, 0.25) is 5.02 Å². The van der Waals surface area contributed by atoms with Crippen LogP contribution < -0.4 is 5.32 Å². The molecule has 3 saturated heterocycles. The van der Waals surface area contributed by atoms with E-state index in [2.05, 4.69) is 16.1 Å². The Morgan fingerprint density at radius 1 is 1.19 bits per heavy atom. The van der Waals surface area contributed by atoms with E-state index in [1.54, 1.807) is 0 Å². The van der Waals surface area contributed by atoms with Crippen LogP contribution in [0.5, 0.6) is 0 Å². The molecule has 3 amide bonds. The normalized spacial score (nSPS) is 24.5. The molecular formula is C23H29ClN4O4. The Morgan fingerprint density at radius 2 is 1.97 bits per heavy atom. The van der Waals surface area contributed by atoms with Crippen LogP contribution in [0.15, 0.2) is 24.4 Å². The van der Waals surface area contributed by atoms with Crippen molar-refractivity contribution in [3.8, 4) is 0 Å². The number of likely N-dealkylation sites (tertiary alicyclic amines) is 2. The molecule has 0 spiro atoms. The zero-order valence-electron chi connectivity index (χ0n) is 18.0. The summed E-state index contributed by atoms with van der Waals surface area (Å²) in [5.74, 6) is 0.235. The third-order valence-corrected chi connectivity index (χ3v) is 7.25. The van der Waals surface area contributed by atoms with Gasteiger partial charge in [0.25, 0.3) is 0 Å². The molecule has 2 atom stereocenters. The Hall–Kier alpha value is -2.29. The van der Waals surface area contributed by atoms with Crippen molar-refractivity contribution in [2.75, 3.05) is 39.4 Å². The largest absolute Gasteiger partial charge is 0.395 e. The van der Waals surface area contributed by atoms with E-state index in [1.165, 1.54) is 5.56 Å². The molecule has 2 aromatic rings. The van der Waals surface area contributed by atoms with E-state index in [-0.39, 0.29) is 37.3 Å². The van der Waals surface area contributed by atoms with Gasteiger partial charge in [0.15, 0.2) is 0 Å². The molecule has 1 aromatic carbocycles. The number of halogens is 1. The molecule has 3 fully saturated rings. The SMILES string of the molecule is O=C1CO[C@@H]2CCN(C(=O)N3CCC(c4cn(CCO)c5ccc(Cl)cc45)CC3)C[C@H]2N1. The van der Waals surface area contributed by atoms with Gasteiger partial charge in [0.2, 0.25) is 5.91 Å². The summed E-state index contributed by atoms with van der Waals surface area (Å²) < 4.78 is 7.69. The first-order chi connectivity index (χ1) is 15.5. The highest BCUT2D eigenvalue weighted by atomic mass is 35.5. The number of carbonyl (C=O) groups is 2. The van der Waals surface area contributed by atoms with Gasteiger partial charge in [0.1, 0.15) is 6.61 Å². The first kappa shape index (κ1) is 21.6. The molecule has 4 heterocycles. The number of rotatable bonds is 3. The van der Waals surface area contributed by atoms with Gasteiger partial charge in [-0.3, -0.25) is 4.79 Å². The fraction of sp³-hybridized carbons (Fsp3) is 0.565. The number of piperidine rings is 2. The van der Waals surface area contributed by atoms with Crippen LogP contribution in [-0.2, 0) is 16.1 Å². The predicted molar refractivity (Wildman–Crippen MR) is 121 cm³/mol. The maximum Gasteiger partial charge on any atom is 0.320 e. The van der Waals surface area contributed by atoms with Crippen molar-refractivity contribution in [3.63, 3.8) is 0 Å². The van der Waals surface area contributed by atoms with E-state index in [9.17, 15) is 14.7 Å². The van der Waals surface area contributed by atoms with E-state index in [4.69, 9.17) is 16.3 Å². The van der Waals surface area contributed by atoms with Gasteiger partial charge in [-0.15, -0.1) is 0 Å². The summed E-state index contributed by atoms with van der Waals surface area (Å²) in [6, 6.07) is 5.82. The molecule has 0 saturated carbocycles. The molecule has 3 aliphatic rings. The lowest BCUT2D eigenvalue weighted by atomic mass is 9.89. The van der Waals surface area contributed by atoms with E-state index in [0.717, 1.165) is 30.2 Å². The number of hydrogen-bond donors (Lipinski definition) is 2. The zero-order chi connectivity index (χ0) is 22.2. The average molecular weight is 461 g/mol. The standard InChI is InChI=1S/C23H29ClN4O4/c24-16-1-2-20-17(11-16)18(12-27(20)9-10-29)15-3-6-26(7-4-15)23(31)28-8-5-21-19(13-28)25-22(30)14-32-21/h1-2,11-12,15,19,21,29H,3-10,13-14H2,(H,25,30)/t19-,21-/m1/s1. The first-order valence-corrected chi connectivity index (χ1v) is 11.7. The molecule has 0 unspecified atom stereocenters. The van der Waals surface area contributed by atoms with Crippen LogP contribution in [0.4, 0.5) is 4.79 Å². The van der Waals surface area contributed by atoms with Gasteiger partial charge in [0, 0.05) is 54.8 Å². The molecule has 32 heavy (non-hydrogen) atoms. The van der Waals surface area contributed by atoms with Crippen molar-refractivity contribution >= 4 is 34.4 Å². The summed E-state index contributed by atoms with van der Waals surface area (Å²) in [4.78, 5) is 28.6. The number of aromatic nitrogens is 1. The number of aliphatic hydroxyl groups excluding tert-OH is 1. The predicted octanol–water partition coefficient (Wildman–Crippen LogP) is 2.18. The average Bonchev–Trinajstić information content (AvgIpc) is 3.16. The monoisotopic (exact) mass is 460 g/mol. The molecular weight excluding hydrogens is 432 g/mol. The van der Waals surface area contributed by atoms with Crippen molar-refractivity contribution in [2.24, 2.45) is 0 Å². The van der Waals surface area contributed by atoms with Crippen molar-refractivity contribution in [3.05, 3.63) is 35.0 Å². The van der Waals surface area contributed by atoms with Crippen molar-refractivity contribution in [1.29, 1.82) is 0 Å². The first-order valence-electron chi connectivity index (χ1n) is 11.4. The number of nitrogens with one attached hydrogen (secondary N) is 1. The van der Waals surface area contributed by atoms with Crippen molar-refractivity contribution in [1.82, 2.24) is 19.7 Å². The number of nitrogens with zero attached hydrogens (tertiary/aromatic N) is 3. The molecule has 0 bridgehead atoms. The van der Waals surface area contributed by atoms with Gasteiger partial charge in [-0.05, 0) is 48.9 Å². The number of ether oxygens (including phenoxy) is 1. The molecule has 0 radical (unpaired) electrons. The lowest BCUT2D eigenvalue weighted by molar-refractivity contribution is -0.139. The minimum atomic E-state index is -0.117. The fourth-order valence-corrected chi connectivity index (χ4v) is 5.54. The molecule has 5 rings (SSSR count). The van der Waals surface area contributed by atoms with Crippen LogP contribution >= 0.6 is 11.6 Å². The fourth-order valence-electron chi connectivity index (χ4n) is 5.37. The highest BCUT2D eigenvalue weighted by molar-refractivity contribution is 6.31. The van der Waals surface area contributed by atoms with Gasteiger partial charge in [0.05, 0.1) is 18.8 Å². The minimum Gasteiger partial charge on any atom is -0.395 e. The van der Waals surface area contributed by atoms with Gasteiger partial charge in [-0.1, -0.05) is 11.6 Å². The van der Waals surface area contributed by atoms with Crippen LogP contribution in [0.25, 0.3) is 10.9 Å². The Bertz CT molecular complexity index is 1020. The van der Waals surface area contributed by atoms with E-state index in [0.29, 0.717) is 43.7 Å². The second-order valence-corrected chi connectivity index (χ2v) is 9.40. The van der Waals surface area contributed by atoms with Crippen molar-refractivity contribution in [2.45, 2.75) is 43.9 Å². The van der Waals surface area contributed by atoms with Crippen LogP contribution in [0.3, 0.4) is 0 Å². The molecule has 9 heteroatoms. The topological polar surface area (TPSA) is 87.0 Å². The minimum absolute atomic E-state index is 0.00514.